The topological polar surface area (TPSA) is 102 Å². The monoisotopic (exact) mass is 614 g/mol. The molecule has 0 saturated carbocycles. The summed E-state index contributed by atoms with van der Waals surface area (Å²) < 4.78 is 70.9. The van der Waals surface area contributed by atoms with Crippen molar-refractivity contribution in [2.45, 2.75) is 81.5 Å². The molecule has 10 heteroatoms. The predicted octanol–water partition coefficient (Wildman–Crippen LogP) is 5.71. The lowest BCUT2D eigenvalue weighted by Gasteiger charge is -2.32. The lowest BCUT2D eigenvalue weighted by Crippen LogP contribution is -2.45. The maximum absolute atomic E-state index is 14.6. The zero-order chi connectivity index (χ0) is 31.3. The van der Waals surface area contributed by atoms with Gasteiger partial charge in [0.15, 0.2) is 0 Å². The van der Waals surface area contributed by atoms with Gasteiger partial charge in [-0.1, -0.05) is 59.2 Å². The Morgan fingerprint density at radius 1 is 0.810 bits per heavy atom. The molecule has 228 valence electrons. The number of methoxy groups -OCH3 is 2. The molecule has 3 aromatic rings. The van der Waals surface area contributed by atoms with Gasteiger partial charge in [0.2, 0.25) is 10.0 Å². The number of sulfonamides is 2. The average molecular weight is 615 g/mol. The molecule has 8 nitrogen and oxygen atoms in total. The van der Waals surface area contributed by atoms with Gasteiger partial charge in [0.05, 0.1) is 35.7 Å². The van der Waals surface area contributed by atoms with Crippen LogP contribution in [0.3, 0.4) is 0 Å². The minimum atomic E-state index is -4.15. The summed E-state index contributed by atoms with van der Waals surface area (Å²) in [6.07, 6.45) is 0.316. The average Bonchev–Trinajstić information content (AvgIpc) is 3.28. The van der Waals surface area contributed by atoms with E-state index in [-0.39, 0.29) is 16.3 Å². The number of nitrogens with one attached hydrogen (secondary N) is 1. The summed E-state index contributed by atoms with van der Waals surface area (Å²) in [6, 6.07) is 14.5. The predicted molar refractivity (Wildman–Crippen MR) is 167 cm³/mol. The van der Waals surface area contributed by atoms with Crippen LogP contribution in [-0.2, 0) is 37.3 Å². The van der Waals surface area contributed by atoms with E-state index < -0.39 is 36.9 Å². The quantitative estimate of drug-likeness (QED) is 0.349. The van der Waals surface area contributed by atoms with Crippen molar-refractivity contribution in [3.05, 3.63) is 76.9 Å². The van der Waals surface area contributed by atoms with Crippen LogP contribution in [0.2, 0.25) is 0 Å². The van der Waals surface area contributed by atoms with Gasteiger partial charge >= 0.3 is 0 Å². The normalized spacial score (nSPS) is 15.9. The molecule has 0 saturated heterocycles. The van der Waals surface area contributed by atoms with Gasteiger partial charge in [-0.15, -0.1) is 0 Å². The highest BCUT2D eigenvalue weighted by Crippen LogP contribution is 2.44. The number of anilines is 1. The lowest BCUT2D eigenvalue weighted by atomic mass is 9.79. The highest BCUT2D eigenvalue weighted by Gasteiger charge is 2.41. The van der Waals surface area contributed by atoms with Crippen LogP contribution in [0.5, 0.6) is 11.5 Å². The minimum absolute atomic E-state index is 0.110. The molecule has 0 bridgehead atoms. The van der Waals surface area contributed by atoms with E-state index in [1.54, 1.807) is 62.8 Å². The van der Waals surface area contributed by atoms with E-state index in [9.17, 15) is 16.8 Å². The smallest absolute Gasteiger partial charge is 0.264 e. The minimum Gasteiger partial charge on any atom is -0.497 e. The number of nitrogens with zero attached hydrogens (tertiary/aromatic N) is 1. The van der Waals surface area contributed by atoms with Crippen molar-refractivity contribution in [2.24, 2.45) is 0 Å². The van der Waals surface area contributed by atoms with Crippen molar-refractivity contribution >= 4 is 25.7 Å². The Hall–Kier alpha value is -3.08. The molecule has 1 N–H and O–H groups in total. The molecule has 1 unspecified atom stereocenters. The van der Waals surface area contributed by atoms with Crippen LogP contribution in [0.4, 0.5) is 5.69 Å². The van der Waals surface area contributed by atoms with Crippen LogP contribution in [-0.4, -0.2) is 43.6 Å². The molecule has 1 aliphatic rings. The Morgan fingerprint density at radius 3 is 1.88 bits per heavy atom. The van der Waals surface area contributed by atoms with Gasteiger partial charge in [-0.25, -0.2) is 21.6 Å². The molecule has 4 rings (SSSR count). The van der Waals surface area contributed by atoms with Crippen LogP contribution in [0.25, 0.3) is 0 Å². The first kappa shape index (κ1) is 31.8. The van der Waals surface area contributed by atoms with Gasteiger partial charge in [-0.3, -0.25) is 4.31 Å². The van der Waals surface area contributed by atoms with Gasteiger partial charge in [-0.2, -0.15) is 0 Å². The SMILES string of the molecule is COc1ccc2c(c1)CC(CNS(=O)(=O)c1ccc(C)cc1)N2S(=O)(=O)c1cc(C(C)(C)C)c(OC)c(C(C)(C)C)c1. The molecule has 0 spiro atoms. The second kappa shape index (κ2) is 11.2. The summed E-state index contributed by atoms with van der Waals surface area (Å²) in [5.41, 5.74) is 2.95. The number of aryl methyl sites for hydroxylation is 1. The van der Waals surface area contributed by atoms with Crippen LogP contribution in [0, 0.1) is 6.92 Å². The number of hydrogen-bond donors (Lipinski definition) is 1. The summed E-state index contributed by atoms with van der Waals surface area (Å²) in [5, 5.41) is 0. The first-order valence-electron chi connectivity index (χ1n) is 13.9. The molecule has 1 heterocycles. The Kier molecular flexibility index (Phi) is 8.50. The molecule has 3 aromatic carbocycles. The fourth-order valence-corrected chi connectivity index (χ4v) is 8.10. The summed E-state index contributed by atoms with van der Waals surface area (Å²) in [4.78, 5) is 0.257. The van der Waals surface area contributed by atoms with Crippen molar-refractivity contribution in [1.29, 1.82) is 0 Å². The zero-order valence-corrected chi connectivity index (χ0v) is 27.5. The van der Waals surface area contributed by atoms with Gasteiger partial charge in [-0.05, 0) is 72.2 Å². The van der Waals surface area contributed by atoms with Crippen molar-refractivity contribution in [3.63, 3.8) is 0 Å². The third-order valence-electron chi connectivity index (χ3n) is 7.59. The van der Waals surface area contributed by atoms with Crippen molar-refractivity contribution in [2.75, 3.05) is 25.1 Å². The van der Waals surface area contributed by atoms with Crippen LogP contribution < -0.4 is 18.5 Å². The molecular formula is C32H42N2O6S2. The van der Waals surface area contributed by atoms with Crippen LogP contribution in [0.1, 0.15) is 63.8 Å². The molecule has 42 heavy (non-hydrogen) atoms. The van der Waals surface area contributed by atoms with Crippen molar-refractivity contribution in [3.8, 4) is 11.5 Å². The molecule has 0 radical (unpaired) electrons. The lowest BCUT2D eigenvalue weighted by molar-refractivity contribution is 0.380. The largest absolute Gasteiger partial charge is 0.497 e. The van der Waals surface area contributed by atoms with Crippen LogP contribution in [0.15, 0.2) is 64.4 Å². The second-order valence-corrected chi connectivity index (χ2v) is 16.5. The second-order valence-electron chi connectivity index (χ2n) is 12.9. The van der Waals surface area contributed by atoms with E-state index in [2.05, 4.69) is 4.72 Å². The summed E-state index contributed by atoms with van der Waals surface area (Å²) in [6.45, 7) is 13.9. The van der Waals surface area contributed by atoms with Gasteiger partial charge < -0.3 is 9.47 Å². The van der Waals surface area contributed by atoms with E-state index in [1.807, 2.05) is 54.5 Å². The fourth-order valence-electron chi connectivity index (χ4n) is 5.29. The Balaban J connectivity index is 1.84. The molecule has 0 fully saturated rings. The van der Waals surface area contributed by atoms with E-state index in [4.69, 9.17) is 9.47 Å². The first-order valence-corrected chi connectivity index (χ1v) is 16.8. The highest BCUT2D eigenvalue weighted by atomic mass is 32.2. The van der Waals surface area contributed by atoms with Crippen molar-refractivity contribution < 1.29 is 26.3 Å². The van der Waals surface area contributed by atoms with E-state index in [0.29, 0.717) is 23.6 Å². The Labute approximate surface area is 251 Å². The third-order valence-corrected chi connectivity index (χ3v) is 10.9. The molecular weight excluding hydrogens is 572 g/mol. The number of fused-ring (bicyclic) bond motifs is 1. The number of benzene rings is 3. The standard InChI is InChI=1S/C32H42N2O6S2/c1-21-10-13-25(14-11-21)41(35,36)33-20-23-16-22-17-24(39-8)12-15-29(22)34(23)42(37,38)26-18-27(31(2,3)4)30(40-9)28(19-26)32(5,6)7/h10-15,17-19,23,33H,16,20H2,1-9H3. The first-order chi connectivity index (χ1) is 19.4. The van der Waals surface area contributed by atoms with Gasteiger partial charge in [0.1, 0.15) is 11.5 Å². The van der Waals surface area contributed by atoms with E-state index in [1.165, 1.54) is 4.31 Å². The maximum atomic E-state index is 14.6. The fraction of sp³-hybridized carbons (Fsp3) is 0.438. The van der Waals surface area contributed by atoms with Crippen LogP contribution >= 0.6 is 0 Å². The van der Waals surface area contributed by atoms with Gasteiger partial charge in [0.25, 0.3) is 10.0 Å². The van der Waals surface area contributed by atoms with Gasteiger partial charge in [0, 0.05) is 17.7 Å². The molecule has 0 aliphatic carbocycles. The maximum Gasteiger partial charge on any atom is 0.264 e. The highest BCUT2D eigenvalue weighted by molar-refractivity contribution is 7.93. The Bertz CT molecular complexity index is 1650. The van der Waals surface area contributed by atoms with Crippen molar-refractivity contribution in [1.82, 2.24) is 4.72 Å². The number of ether oxygens (including phenoxy) is 2. The molecule has 0 amide bonds. The summed E-state index contributed by atoms with van der Waals surface area (Å²) >= 11 is 0. The third kappa shape index (κ3) is 6.16. The number of hydrogen-bond acceptors (Lipinski definition) is 6. The van der Waals surface area contributed by atoms with E-state index in [0.717, 1.165) is 22.3 Å². The summed E-state index contributed by atoms with van der Waals surface area (Å²) in [7, 11) is -4.86. The molecule has 0 aromatic heterocycles. The number of rotatable bonds is 8. The Morgan fingerprint density at radius 2 is 1.38 bits per heavy atom. The molecule has 1 atom stereocenters. The summed E-state index contributed by atoms with van der Waals surface area (Å²) in [5.74, 6) is 1.27. The van der Waals surface area contributed by atoms with E-state index >= 15 is 0 Å². The molecule has 1 aliphatic heterocycles. The zero-order valence-electron chi connectivity index (χ0n) is 25.9.